The highest BCUT2D eigenvalue weighted by Gasteiger charge is 2.30. The molecule has 0 amide bonds. The molecule has 0 bridgehead atoms. The van der Waals surface area contributed by atoms with Gasteiger partial charge in [0.05, 0.1) is 36.6 Å². The summed E-state index contributed by atoms with van der Waals surface area (Å²) in [7, 11) is 4.38. The van der Waals surface area contributed by atoms with Gasteiger partial charge in [-0.25, -0.2) is 0 Å². The SMILES string of the molecule is CNc1cccc(-c2cccc3c2CCC3Oc2c(Cl)cc(CNC(CO)C(=O)OC)c(OC)c2F)c1Cl. The molecule has 3 aromatic rings. The van der Waals surface area contributed by atoms with Crippen LogP contribution in [-0.4, -0.2) is 45.0 Å². The molecule has 0 aromatic heterocycles. The van der Waals surface area contributed by atoms with Crippen LogP contribution >= 0.6 is 23.2 Å². The highest BCUT2D eigenvalue weighted by Crippen LogP contribution is 2.45. The Kier molecular flexibility index (Phi) is 8.99. The van der Waals surface area contributed by atoms with Crippen LogP contribution in [0.2, 0.25) is 10.0 Å². The number of halogens is 3. The molecule has 2 atom stereocenters. The van der Waals surface area contributed by atoms with Gasteiger partial charge in [0.2, 0.25) is 5.82 Å². The fraction of sp³-hybridized carbons (Fsp3) is 0.321. The van der Waals surface area contributed by atoms with Crippen molar-refractivity contribution in [3.05, 3.63) is 75.0 Å². The van der Waals surface area contributed by atoms with Crippen molar-refractivity contribution in [1.29, 1.82) is 0 Å². The molecule has 3 N–H and O–H groups in total. The first kappa shape index (κ1) is 28.0. The van der Waals surface area contributed by atoms with Crippen molar-refractivity contribution in [2.24, 2.45) is 0 Å². The molecule has 1 aliphatic rings. The third-order valence-electron chi connectivity index (χ3n) is 6.65. The second-order valence-corrected chi connectivity index (χ2v) is 9.55. The number of methoxy groups -OCH3 is 2. The van der Waals surface area contributed by atoms with Crippen LogP contribution in [0.4, 0.5) is 10.1 Å². The molecular weight excluding hydrogens is 534 g/mol. The molecule has 2 unspecified atom stereocenters. The zero-order chi connectivity index (χ0) is 27.4. The molecular formula is C28H29Cl2FN2O5. The van der Waals surface area contributed by atoms with Crippen LogP contribution in [0, 0.1) is 5.82 Å². The van der Waals surface area contributed by atoms with Gasteiger partial charge in [0, 0.05) is 24.7 Å². The van der Waals surface area contributed by atoms with Crippen molar-refractivity contribution in [1.82, 2.24) is 5.32 Å². The molecule has 0 heterocycles. The molecule has 38 heavy (non-hydrogen) atoms. The number of aliphatic hydroxyl groups is 1. The minimum Gasteiger partial charge on any atom is -0.493 e. The molecule has 0 saturated carbocycles. The van der Waals surface area contributed by atoms with Gasteiger partial charge in [-0.05, 0) is 41.7 Å². The van der Waals surface area contributed by atoms with E-state index < -0.39 is 30.5 Å². The van der Waals surface area contributed by atoms with Gasteiger partial charge < -0.3 is 24.6 Å². The Labute approximate surface area is 230 Å². The number of carbonyl (C=O) groups excluding carboxylic acids is 1. The van der Waals surface area contributed by atoms with E-state index in [1.54, 1.807) is 0 Å². The van der Waals surface area contributed by atoms with Crippen molar-refractivity contribution < 1.29 is 28.5 Å². The third-order valence-corrected chi connectivity index (χ3v) is 7.34. The van der Waals surface area contributed by atoms with E-state index in [2.05, 4.69) is 15.4 Å². The second-order valence-electron chi connectivity index (χ2n) is 8.77. The van der Waals surface area contributed by atoms with Crippen LogP contribution in [0.3, 0.4) is 0 Å². The lowest BCUT2D eigenvalue weighted by Crippen LogP contribution is -2.40. The van der Waals surface area contributed by atoms with Gasteiger partial charge in [-0.15, -0.1) is 0 Å². The number of rotatable bonds is 10. The lowest BCUT2D eigenvalue weighted by Gasteiger charge is -2.21. The fourth-order valence-corrected chi connectivity index (χ4v) is 5.34. The van der Waals surface area contributed by atoms with Crippen LogP contribution in [0.15, 0.2) is 42.5 Å². The van der Waals surface area contributed by atoms with Crippen molar-refractivity contribution in [2.75, 3.05) is 33.2 Å². The van der Waals surface area contributed by atoms with E-state index in [0.29, 0.717) is 17.0 Å². The summed E-state index contributed by atoms with van der Waals surface area (Å²) in [6.45, 7) is -0.484. The minimum atomic E-state index is -0.978. The van der Waals surface area contributed by atoms with E-state index in [0.717, 1.165) is 34.4 Å². The van der Waals surface area contributed by atoms with Gasteiger partial charge in [0.25, 0.3) is 0 Å². The maximum atomic E-state index is 15.6. The highest BCUT2D eigenvalue weighted by atomic mass is 35.5. The third kappa shape index (κ3) is 5.40. The molecule has 7 nitrogen and oxygen atoms in total. The number of carbonyl (C=O) groups is 1. The first-order valence-electron chi connectivity index (χ1n) is 12.1. The molecule has 0 aliphatic heterocycles. The zero-order valence-corrected chi connectivity index (χ0v) is 22.8. The van der Waals surface area contributed by atoms with Crippen LogP contribution in [0.25, 0.3) is 11.1 Å². The summed E-state index contributed by atoms with van der Waals surface area (Å²) in [4.78, 5) is 11.8. The number of anilines is 1. The van der Waals surface area contributed by atoms with Gasteiger partial charge in [-0.3, -0.25) is 10.1 Å². The molecule has 3 aromatic carbocycles. The molecule has 0 spiro atoms. The number of fused-ring (bicyclic) bond motifs is 1. The quantitative estimate of drug-likeness (QED) is 0.279. The Morgan fingerprint density at radius 2 is 1.89 bits per heavy atom. The monoisotopic (exact) mass is 562 g/mol. The van der Waals surface area contributed by atoms with E-state index >= 15 is 4.39 Å². The first-order chi connectivity index (χ1) is 18.3. The standard InChI is InChI=1S/C28H29Cl2FN2O5/c1-32-21-9-5-8-19(24(21)30)16-6-4-7-18-17(16)10-11-23(18)38-27-20(29)12-15(26(36-2)25(27)31)13-33-22(14-34)28(35)37-3/h4-9,12,22-23,32-34H,10-11,13-14H2,1-3H3. The van der Waals surface area contributed by atoms with Crippen molar-refractivity contribution in [2.45, 2.75) is 31.5 Å². The normalized spacial score (nSPS) is 15.1. The minimum absolute atomic E-state index is 0.00246. The maximum absolute atomic E-state index is 15.6. The summed E-state index contributed by atoms with van der Waals surface area (Å²) in [6.07, 6.45) is 0.939. The van der Waals surface area contributed by atoms with E-state index in [-0.39, 0.29) is 23.1 Å². The Balaban J connectivity index is 1.62. The van der Waals surface area contributed by atoms with Gasteiger partial charge in [-0.2, -0.15) is 4.39 Å². The number of hydrogen-bond acceptors (Lipinski definition) is 7. The predicted octanol–water partition coefficient (Wildman–Crippen LogP) is 5.54. The summed E-state index contributed by atoms with van der Waals surface area (Å²) in [5.41, 5.74) is 5.14. The summed E-state index contributed by atoms with van der Waals surface area (Å²) in [5.74, 6) is -1.57. The molecule has 4 rings (SSSR count). The highest BCUT2D eigenvalue weighted by molar-refractivity contribution is 6.36. The lowest BCUT2D eigenvalue weighted by atomic mass is 9.96. The zero-order valence-electron chi connectivity index (χ0n) is 21.2. The van der Waals surface area contributed by atoms with Gasteiger partial charge in [0.1, 0.15) is 12.1 Å². The maximum Gasteiger partial charge on any atom is 0.325 e. The van der Waals surface area contributed by atoms with Crippen LogP contribution in [0.1, 0.15) is 29.2 Å². The van der Waals surface area contributed by atoms with Gasteiger partial charge in [0.15, 0.2) is 11.5 Å². The van der Waals surface area contributed by atoms with Gasteiger partial charge >= 0.3 is 5.97 Å². The predicted molar refractivity (Wildman–Crippen MR) is 146 cm³/mol. The van der Waals surface area contributed by atoms with Crippen LogP contribution in [0.5, 0.6) is 11.5 Å². The summed E-state index contributed by atoms with van der Waals surface area (Å²) >= 11 is 13.1. The number of aliphatic hydroxyl groups excluding tert-OH is 1. The Bertz CT molecular complexity index is 1340. The molecule has 0 fully saturated rings. The number of hydrogen-bond donors (Lipinski definition) is 3. The number of ether oxygens (including phenoxy) is 3. The molecule has 1 aliphatic carbocycles. The number of esters is 1. The van der Waals surface area contributed by atoms with Crippen molar-refractivity contribution in [3.8, 4) is 22.6 Å². The van der Waals surface area contributed by atoms with E-state index in [4.69, 9.17) is 32.7 Å². The summed E-state index contributed by atoms with van der Waals surface area (Å²) < 4.78 is 31.7. The molecule has 0 radical (unpaired) electrons. The summed E-state index contributed by atoms with van der Waals surface area (Å²) in [5, 5.41) is 16.1. The van der Waals surface area contributed by atoms with E-state index in [1.165, 1.54) is 20.3 Å². The topological polar surface area (TPSA) is 89.1 Å². The summed E-state index contributed by atoms with van der Waals surface area (Å²) in [6, 6.07) is 12.3. The number of benzene rings is 3. The van der Waals surface area contributed by atoms with E-state index in [9.17, 15) is 9.90 Å². The fourth-order valence-electron chi connectivity index (χ4n) is 4.76. The lowest BCUT2D eigenvalue weighted by molar-refractivity contribution is -0.144. The second kappa shape index (κ2) is 12.2. The smallest absolute Gasteiger partial charge is 0.325 e. The molecule has 0 saturated heterocycles. The average Bonchev–Trinajstić information content (AvgIpc) is 3.34. The first-order valence-corrected chi connectivity index (χ1v) is 12.8. The van der Waals surface area contributed by atoms with Gasteiger partial charge in [-0.1, -0.05) is 53.5 Å². The molecule has 202 valence electrons. The van der Waals surface area contributed by atoms with Crippen molar-refractivity contribution in [3.63, 3.8) is 0 Å². The van der Waals surface area contributed by atoms with Crippen LogP contribution in [-0.2, 0) is 22.5 Å². The Hall–Kier alpha value is -3.04. The Morgan fingerprint density at radius 3 is 2.58 bits per heavy atom. The Morgan fingerprint density at radius 1 is 1.16 bits per heavy atom. The largest absolute Gasteiger partial charge is 0.493 e. The average molecular weight is 563 g/mol. The number of nitrogens with one attached hydrogen (secondary N) is 2. The van der Waals surface area contributed by atoms with E-state index in [1.807, 2.05) is 43.4 Å². The molecule has 10 heteroatoms. The van der Waals surface area contributed by atoms with Crippen molar-refractivity contribution >= 4 is 34.9 Å². The van der Waals surface area contributed by atoms with Crippen LogP contribution < -0.4 is 20.1 Å².